The summed E-state index contributed by atoms with van der Waals surface area (Å²) in [6, 6.07) is 19.5. The van der Waals surface area contributed by atoms with Gasteiger partial charge in [0.1, 0.15) is 11.9 Å². The molecule has 7 heteroatoms. The van der Waals surface area contributed by atoms with Crippen LogP contribution >= 0.6 is 0 Å². The third-order valence-electron chi connectivity index (χ3n) is 5.86. The van der Waals surface area contributed by atoms with Crippen molar-refractivity contribution in [3.63, 3.8) is 0 Å². The maximum atomic E-state index is 13.4. The van der Waals surface area contributed by atoms with Gasteiger partial charge in [0, 0.05) is 5.56 Å². The van der Waals surface area contributed by atoms with E-state index in [9.17, 15) is 18.0 Å². The number of nitrogens with zero attached hydrogens (tertiary/aromatic N) is 2. The van der Waals surface area contributed by atoms with Crippen molar-refractivity contribution in [2.75, 3.05) is 5.32 Å². The molecular formula is C27H26F3N3O. The Morgan fingerprint density at radius 1 is 0.912 bits per heavy atom. The lowest BCUT2D eigenvalue weighted by Gasteiger charge is -2.21. The maximum absolute atomic E-state index is 13.4. The van der Waals surface area contributed by atoms with Crippen molar-refractivity contribution in [1.29, 1.82) is 0 Å². The van der Waals surface area contributed by atoms with E-state index in [0.29, 0.717) is 11.3 Å². The number of anilines is 1. The first-order valence-corrected chi connectivity index (χ1v) is 11.0. The number of hydrogen-bond acceptors (Lipinski definition) is 2. The largest absolute Gasteiger partial charge is 0.418 e. The van der Waals surface area contributed by atoms with E-state index in [4.69, 9.17) is 4.98 Å². The molecule has 176 valence electrons. The van der Waals surface area contributed by atoms with E-state index in [0.717, 1.165) is 22.7 Å². The predicted molar refractivity (Wildman–Crippen MR) is 129 cm³/mol. The first kappa shape index (κ1) is 23.5. The molecule has 1 atom stereocenters. The molecule has 0 saturated carbocycles. The number of para-hydroxylation sites is 3. The molecule has 4 aromatic rings. The summed E-state index contributed by atoms with van der Waals surface area (Å²) in [5.41, 5.74) is 2.24. The zero-order valence-corrected chi connectivity index (χ0v) is 19.4. The molecule has 0 spiro atoms. The number of alkyl halides is 3. The van der Waals surface area contributed by atoms with Gasteiger partial charge in [-0.05, 0) is 42.2 Å². The summed E-state index contributed by atoms with van der Waals surface area (Å²) in [6.07, 6.45) is -4.57. The van der Waals surface area contributed by atoms with Gasteiger partial charge in [-0.3, -0.25) is 4.79 Å². The summed E-state index contributed by atoms with van der Waals surface area (Å²) in [4.78, 5) is 17.9. The van der Waals surface area contributed by atoms with Crippen LogP contribution in [-0.2, 0) is 16.4 Å². The number of hydrogen-bond donors (Lipinski definition) is 1. The fraction of sp³-hybridized carbons (Fsp3) is 0.259. The number of aromatic nitrogens is 2. The van der Waals surface area contributed by atoms with Crippen LogP contribution in [0.5, 0.6) is 0 Å². The standard InChI is InChI=1S/C27H26F3N3O/c1-17(25(34)32-21-10-6-5-9-20(21)27(28,29)30)33-23-12-8-7-11-22(23)31-24(33)18-13-15-19(16-14-18)26(2,3)4/h5-17H,1-4H3,(H,32,34). The van der Waals surface area contributed by atoms with Crippen molar-refractivity contribution >= 4 is 22.6 Å². The fourth-order valence-electron chi connectivity index (χ4n) is 3.95. The van der Waals surface area contributed by atoms with Crippen LogP contribution in [0, 0.1) is 0 Å². The number of imidazole rings is 1. The fourth-order valence-corrected chi connectivity index (χ4v) is 3.95. The molecule has 1 heterocycles. The third-order valence-corrected chi connectivity index (χ3v) is 5.86. The highest BCUT2D eigenvalue weighted by molar-refractivity contribution is 5.96. The van der Waals surface area contributed by atoms with Crippen molar-refractivity contribution in [2.24, 2.45) is 0 Å². The summed E-state index contributed by atoms with van der Waals surface area (Å²) in [5, 5.41) is 2.47. The second-order valence-electron chi connectivity index (χ2n) is 9.33. The summed E-state index contributed by atoms with van der Waals surface area (Å²) in [5.74, 6) is 0.0147. The van der Waals surface area contributed by atoms with Crippen LogP contribution in [-0.4, -0.2) is 15.5 Å². The molecule has 1 amide bonds. The number of halogens is 3. The molecule has 34 heavy (non-hydrogen) atoms. The second kappa shape index (κ2) is 8.63. The zero-order valence-electron chi connectivity index (χ0n) is 19.4. The van der Waals surface area contributed by atoms with Crippen LogP contribution < -0.4 is 5.32 Å². The van der Waals surface area contributed by atoms with E-state index >= 15 is 0 Å². The molecule has 0 aliphatic heterocycles. The second-order valence-corrected chi connectivity index (χ2v) is 9.33. The Hall–Kier alpha value is -3.61. The number of nitrogens with one attached hydrogen (secondary N) is 1. The number of fused-ring (bicyclic) bond motifs is 1. The average Bonchev–Trinajstić information content (AvgIpc) is 3.17. The van der Waals surface area contributed by atoms with Crippen LogP contribution in [0.2, 0.25) is 0 Å². The van der Waals surface area contributed by atoms with Crippen LogP contribution in [0.1, 0.15) is 44.9 Å². The highest BCUT2D eigenvalue weighted by Crippen LogP contribution is 2.36. The van der Waals surface area contributed by atoms with Gasteiger partial charge in [-0.25, -0.2) is 4.98 Å². The summed E-state index contributed by atoms with van der Waals surface area (Å²) < 4.78 is 42.0. The van der Waals surface area contributed by atoms with Crippen LogP contribution in [0.15, 0.2) is 72.8 Å². The minimum absolute atomic E-state index is 0.0162. The van der Waals surface area contributed by atoms with Gasteiger partial charge in [-0.2, -0.15) is 13.2 Å². The van der Waals surface area contributed by atoms with Crippen molar-refractivity contribution in [1.82, 2.24) is 9.55 Å². The Bertz CT molecular complexity index is 1330. The maximum Gasteiger partial charge on any atom is 0.418 e. The minimum atomic E-state index is -4.57. The molecular weight excluding hydrogens is 439 g/mol. The van der Waals surface area contributed by atoms with Crippen molar-refractivity contribution in [3.8, 4) is 11.4 Å². The van der Waals surface area contributed by atoms with E-state index in [2.05, 4.69) is 26.1 Å². The highest BCUT2D eigenvalue weighted by Gasteiger charge is 2.34. The smallest absolute Gasteiger partial charge is 0.324 e. The number of benzene rings is 3. The molecule has 4 rings (SSSR count). The van der Waals surface area contributed by atoms with Crippen LogP contribution in [0.4, 0.5) is 18.9 Å². The molecule has 0 fully saturated rings. The zero-order chi connectivity index (χ0) is 24.7. The lowest BCUT2D eigenvalue weighted by Crippen LogP contribution is -2.25. The lowest BCUT2D eigenvalue weighted by atomic mass is 9.86. The van der Waals surface area contributed by atoms with Gasteiger partial charge in [0.2, 0.25) is 5.91 Å². The molecule has 0 aliphatic rings. The van der Waals surface area contributed by atoms with Gasteiger partial charge in [0.05, 0.1) is 22.3 Å². The van der Waals surface area contributed by atoms with Crippen molar-refractivity contribution in [2.45, 2.75) is 45.3 Å². The molecule has 0 radical (unpaired) electrons. The molecule has 1 aromatic heterocycles. The van der Waals surface area contributed by atoms with Gasteiger partial charge in [0.15, 0.2) is 0 Å². The van der Waals surface area contributed by atoms with Crippen LogP contribution in [0.25, 0.3) is 22.4 Å². The number of amides is 1. The normalized spacial score (nSPS) is 13.1. The number of carbonyl (C=O) groups is 1. The van der Waals surface area contributed by atoms with Crippen LogP contribution in [0.3, 0.4) is 0 Å². The van der Waals surface area contributed by atoms with Gasteiger partial charge in [0.25, 0.3) is 0 Å². The van der Waals surface area contributed by atoms with Crippen molar-refractivity contribution < 1.29 is 18.0 Å². The molecule has 1 N–H and O–H groups in total. The van der Waals surface area contributed by atoms with Gasteiger partial charge >= 0.3 is 6.18 Å². The van der Waals surface area contributed by atoms with Gasteiger partial charge < -0.3 is 9.88 Å². The Morgan fingerprint density at radius 2 is 1.53 bits per heavy atom. The minimum Gasteiger partial charge on any atom is -0.324 e. The van der Waals surface area contributed by atoms with E-state index in [1.54, 1.807) is 11.5 Å². The van der Waals surface area contributed by atoms with Gasteiger partial charge in [-0.1, -0.05) is 69.3 Å². The van der Waals surface area contributed by atoms with Gasteiger partial charge in [-0.15, -0.1) is 0 Å². The predicted octanol–water partition coefficient (Wildman–Crippen LogP) is 7.22. The Morgan fingerprint density at radius 3 is 2.18 bits per heavy atom. The quantitative estimate of drug-likeness (QED) is 0.346. The Labute approximate surface area is 196 Å². The number of rotatable bonds is 4. The summed E-state index contributed by atoms with van der Waals surface area (Å²) in [6.45, 7) is 8.04. The molecule has 0 saturated heterocycles. The topological polar surface area (TPSA) is 46.9 Å². The van der Waals surface area contributed by atoms with E-state index in [1.165, 1.54) is 18.2 Å². The number of carbonyl (C=O) groups excluding carboxylic acids is 1. The monoisotopic (exact) mass is 465 g/mol. The molecule has 3 aromatic carbocycles. The highest BCUT2D eigenvalue weighted by atomic mass is 19.4. The Kier molecular flexibility index (Phi) is 5.98. The van der Waals surface area contributed by atoms with E-state index in [-0.39, 0.29) is 11.1 Å². The lowest BCUT2D eigenvalue weighted by molar-refractivity contribution is -0.137. The average molecular weight is 466 g/mol. The van der Waals surface area contributed by atoms with E-state index in [1.807, 2.05) is 48.5 Å². The molecule has 0 bridgehead atoms. The first-order valence-electron chi connectivity index (χ1n) is 11.0. The molecule has 0 aliphatic carbocycles. The van der Waals surface area contributed by atoms with Crippen molar-refractivity contribution in [3.05, 3.63) is 83.9 Å². The Balaban J connectivity index is 1.75. The SMILES string of the molecule is CC(C(=O)Nc1ccccc1C(F)(F)F)n1c(-c2ccc(C(C)(C)C)cc2)nc2ccccc21. The summed E-state index contributed by atoms with van der Waals surface area (Å²) in [7, 11) is 0. The third kappa shape index (κ3) is 4.55. The first-order chi connectivity index (χ1) is 16.0. The molecule has 1 unspecified atom stereocenters. The summed E-state index contributed by atoms with van der Waals surface area (Å²) >= 11 is 0. The molecule has 4 nitrogen and oxygen atoms in total. The van der Waals surface area contributed by atoms with E-state index < -0.39 is 23.7 Å².